The highest BCUT2D eigenvalue weighted by atomic mass is 79.9. The van der Waals surface area contributed by atoms with Crippen LogP contribution in [0.4, 0.5) is 0 Å². The molecule has 0 N–H and O–H groups in total. The lowest BCUT2D eigenvalue weighted by Crippen LogP contribution is -2.37. The highest BCUT2D eigenvalue weighted by Crippen LogP contribution is 2.30. The molecule has 0 bridgehead atoms. The van der Waals surface area contributed by atoms with E-state index in [2.05, 4.69) is 20.8 Å². The zero-order valence-corrected chi connectivity index (χ0v) is 10.1. The summed E-state index contributed by atoms with van der Waals surface area (Å²) in [6.45, 7) is 2.02. The molecule has 0 aromatic rings. The lowest BCUT2D eigenvalue weighted by Gasteiger charge is -2.29. The van der Waals surface area contributed by atoms with Gasteiger partial charge in [0.05, 0.1) is 0 Å². The van der Waals surface area contributed by atoms with Gasteiger partial charge in [-0.2, -0.15) is 0 Å². The Kier molecular flexibility index (Phi) is 3.47. The van der Waals surface area contributed by atoms with Gasteiger partial charge in [0, 0.05) is 24.3 Å². The summed E-state index contributed by atoms with van der Waals surface area (Å²) in [7, 11) is 0. The van der Waals surface area contributed by atoms with Crippen LogP contribution in [0.1, 0.15) is 32.1 Å². The fraction of sp³-hybridized carbons (Fsp3) is 0.909. The van der Waals surface area contributed by atoms with Crippen LogP contribution in [-0.4, -0.2) is 29.2 Å². The maximum Gasteiger partial charge on any atom is 0.225 e. The van der Waals surface area contributed by atoms with Gasteiger partial charge in [-0.1, -0.05) is 22.4 Å². The Bertz CT molecular complexity index is 215. The van der Waals surface area contributed by atoms with E-state index in [9.17, 15) is 4.79 Å². The topological polar surface area (TPSA) is 20.3 Å². The van der Waals surface area contributed by atoms with E-state index >= 15 is 0 Å². The largest absolute Gasteiger partial charge is 0.342 e. The van der Waals surface area contributed by atoms with Gasteiger partial charge >= 0.3 is 0 Å². The summed E-state index contributed by atoms with van der Waals surface area (Å²) >= 11 is 3.47. The van der Waals surface area contributed by atoms with E-state index in [4.69, 9.17) is 0 Å². The third kappa shape index (κ3) is 2.13. The van der Waals surface area contributed by atoms with Crippen LogP contribution >= 0.6 is 15.9 Å². The molecular formula is C11H18BrNO. The maximum atomic E-state index is 11.9. The summed E-state index contributed by atoms with van der Waals surface area (Å²) in [5, 5.41) is 1.07. The second-order valence-corrected chi connectivity index (χ2v) is 5.34. The van der Waals surface area contributed by atoms with Crippen LogP contribution < -0.4 is 0 Å². The van der Waals surface area contributed by atoms with E-state index in [1.54, 1.807) is 0 Å². The van der Waals surface area contributed by atoms with Gasteiger partial charge in [0.2, 0.25) is 5.91 Å². The summed E-state index contributed by atoms with van der Waals surface area (Å²) in [5.41, 5.74) is 0. The zero-order chi connectivity index (χ0) is 9.97. The molecule has 80 valence electrons. The van der Waals surface area contributed by atoms with Crippen molar-refractivity contribution in [1.82, 2.24) is 4.90 Å². The van der Waals surface area contributed by atoms with E-state index in [-0.39, 0.29) is 0 Å². The number of amides is 1. The Labute approximate surface area is 94.2 Å². The summed E-state index contributed by atoms with van der Waals surface area (Å²) in [6.07, 6.45) is 5.96. The van der Waals surface area contributed by atoms with Crippen LogP contribution in [0.2, 0.25) is 0 Å². The average Bonchev–Trinajstić information content (AvgIpc) is 2.50. The minimum absolute atomic E-state index is 0.387. The van der Waals surface area contributed by atoms with Crippen molar-refractivity contribution in [2.45, 2.75) is 32.1 Å². The van der Waals surface area contributed by atoms with Gasteiger partial charge in [-0.05, 0) is 31.6 Å². The second kappa shape index (κ2) is 4.65. The fourth-order valence-electron chi connectivity index (χ4n) is 2.34. The SMILES string of the molecule is O=C(C1CCC1)N1CCC(CCBr)C1. The number of carbonyl (C=O) groups excluding carboxylic acids is 1. The highest BCUT2D eigenvalue weighted by Gasteiger charge is 2.33. The minimum atomic E-state index is 0.387. The lowest BCUT2D eigenvalue weighted by atomic mass is 9.84. The van der Waals surface area contributed by atoms with Crippen LogP contribution in [0.25, 0.3) is 0 Å². The van der Waals surface area contributed by atoms with E-state index in [1.807, 2.05) is 0 Å². The van der Waals surface area contributed by atoms with E-state index in [0.717, 1.165) is 37.2 Å². The van der Waals surface area contributed by atoms with Crippen molar-refractivity contribution >= 4 is 21.8 Å². The van der Waals surface area contributed by atoms with Crippen LogP contribution in [0, 0.1) is 11.8 Å². The van der Waals surface area contributed by atoms with Crippen LogP contribution in [-0.2, 0) is 4.79 Å². The molecule has 2 rings (SSSR count). The highest BCUT2D eigenvalue weighted by molar-refractivity contribution is 9.09. The van der Waals surface area contributed by atoms with Crippen LogP contribution in [0.5, 0.6) is 0 Å². The molecule has 1 aliphatic carbocycles. The molecule has 1 amide bonds. The average molecular weight is 260 g/mol. The molecule has 14 heavy (non-hydrogen) atoms. The molecule has 1 unspecified atom stereocenters. The number of likely N-dealkylation sites (tertiary alicyclic amines) is 1. The Morgan fingerprint density at radius 1 is 1.36 bits per heavy atom. The van der Waals surface area contributed by atoms with Gasteiger partial charge in [-0.15, -0.1) is 0 Å². The number of hydrogen-bond acceptors (Lipinski definition) is 1. The standard InChI is InChI=1S/C11H18BrNO/c12-6-4-9-5-7-13(8-9)11(14)10-2-1-3-10/h9-10H,1-8H2. The first-order valence-electron chi connectivity index (χ1n) is 5.66. The zero-order valence-electron chi connectivity index (χ0n) is 8.54. The van der Waals surface area contributed by atoms with Gasteiger partial charge in [0.1, 0.15) is 0 Å². The quantitative estimate of drug-likeness (QED) is 0.714. The molecule has 1 aliphatic heterocycles. The smallest absolute Gasteiger partial charge is 0.225 e. The van der Waals surface area contributed by atoms with Crippen molar-refractivity contribution < 1.29 is 4.79 Å². The third-order valence-corrected chi connectivity index (χ3v) is 4.03. The van der Waals surface area contributed by atoms with E-state index in [1.165, 1.54) is 19.3 Å². The van der Waals surface area contributed by atoms with E-state index < -0.39 is 0 Å². The Balaban J connectivity index is 1.79. The Morgan fingerprint density at radius 3 is 2.71 bits per heavy atom. The van der Waals surface area contributed by atoms with Crippen molar-refractivity contribution in [2.75, 3.05) is 18.4 Å². The third-order valence-electron chi connectivity index (χ3n) is 3.57. The molecule has 2 aliphatic rings. The second-order valence-electron chi connectivity index (χ2n) is 4.54. The molecule has 1 saturated heterocycles. The predicted octanol–water partition coefficient (Wildman–Crippen LogP) is 2.42. The van der Waals surface area contributed by atoms with Gasteiger partial charge < -0.3 is 4.90 Å². The van der Waals surface area contributed by atoms with Crippen molar-refractivity contribution in [3.8, 4) is 0 Å². The summed E-state index contributed by atoms with van der Waals surface area (Å²) in [6, 6.07) is 0. The van der Waals surface area contributed by atoms with Crippen molar-refractivity contribution in [3.05, 3.63) is 0 Å². The predicted molar refractivity (Wildman–Crippen MR) is 60.4 cm³/mol. The molecule has 2 nitrogen and oxygen atoms in total. The first kappa shape index (κ1) is 10.5. The van der Waals surface area contributed by atoms with Gasteiger partial charge in [0.15, 0.2) is 0 Å². The number of rotatable bonds is 3. The molecule has 3 heteroatoms. The monoisotopic (exact) mass is 259 g/mol. The van der Waals surface area contributed by atoms with Crippen molar-refractivity contribution in [3.63, 3.8) is 0 Å². The van der Waals surface area contributed by atoms with Crippen molar-refractivity contribution in [1.29, 1.82) is 0 Å². The Morgan fingerprint density at radius 2 is 2.14 bits per heavy atom. The number of nitrogens with zero attached hydrogens (tertiary/aromatic N) is 1. The number of carbonyl (C=O) groups is 1. The first-order chi connectivity index (χ1) is 6.81. The summed E-state index contributed by atoms with van der Waals surface area (Å²) < 4.78 is 0. The summed E-state index contributed by atoms with van der Waals surface area (Å²) in [5.74, 6) is 1.57. The maximum absolute atomic E-state index is 11.9. The molecule has 0 aromatic heterocycles. The molecular weight excluding hydrogens is 242 g/mol. The van der Waals surface area contributed by atoms with Crippen LogP contribution in [0.3, 0.4) is 0 Å². The molecule has 1 atom stereocenters. The molecule has 0 aromatic carbocycles. The van der Waals surface area contributed by atoms with Gasteiger partial charge in [-0.25, -0.2) is 0 Å². The van der Waals surface area contributed by atoms with Gasteiger partial charge in [0.25, 0.3) is 0 Å². The van der Waals surface area contributed by atoms with Gasteiger partial charge in [-0.3, -0.25) is 4.79 Å². The number of hydrogen-bond donors (Lipinski definition) is 0. The molecule has 2 fully saturated rings. The molecule has 0 spiro atoms. The molecule has 1 heterocycles. The lowest BCUT2D eigenvalue weighted by molar-refractivity contribution is -0.137. The number of alkyl halides is 1. The number of halogens is 1. The van der Waals surface area contributed by atoms with E-state index in [0.29, 0.717) is 11.8 Å². The first-order valence-corrected chi connectivity index (χ1v) is 6.78. The molecule has 0 radical (unpaired) electrons. The van der Waals surface area contributed by atoms with Crippen LogP contribution in [0.15, 0.2) is 0 Å². The fourth-order valence-corrected chi connectivity index (χ4v) is 2.98. The summed E-state index contributed by atoms with van der Waals surface area (Å²) in [4.78, 5) is 14.0. The van der Waals surface area contributed by atoms with Crippen molar-refractivity contribution in [2.24, 2.45) is 11.8 Å². The molecule has 1 saturated carbocycles. The Hall–Kier alpha value is -0.0500. The normalized spacial score (nSPS) is 27.8. The minimum Gasteiger partial charge on any atom is -0.342 e.